The summed E-state index contributed by atoms with van der Waals surface area (Å²) in [5, 5.41) is 9.66. The van der Waals surface area contributed by atoms with Crippen LogP contribution in [0.5, 0.6) is 0 Å². The van der Waals surface area contributed by atoms with Gasteiger partial charge in [0.2, 0.25) is 0 Å². The van der Waals surface area contributed by atoms with Gasteiger partial charge in [0.15, 0.2) is 0 Å². The average Bonchev–Trinajstić information content (AvgIpc) is 3.90. The molecule has 0 atom stereocenters. The maximum absolute atomic E-state index is 2.45. The number of rotatable bonds is 7. The average molecular weight is 723 g/mol. The van der Waals surface area contributed by atoms with Crippen LogP contribution in [0.15, 0.2) is 205 Å². The van der Waals surface area contributed by atoms with Gasteiger partial charge in [-0.15, -0.1) is 22.7 Å². The van der Waals surface area contributed by atoms with Crippen molar-refractivity contribution in [2.75, 3.05) is 0 Å². The van der Waals surface area contributed by atoms with Crippen molar-refractivity contribution in [2.45, 2.75) is 0 Å². The second-order valence-electron chi connectivity index (χ2n) is 13.7. The van der Waals surface area contributed by atoms with E-state index in [4.69, 9.17) is 0 Å². The van der Waals surface area contributed by atoms with E-state index in [1.165, 1.54) is 98.1 Å². The van der Waals surface area contributed by atoms with E-state index in [2.05, 4.69) is 205 Å². The summed E-state index contributed by atoms with van der Waals surface area (Å²) in [5.74, 6) is 0. The molecule has 10 aromatic rings. The second-order valence-corrected chi connectivity index (χ2v) is 15.4. The zero-order valence-corrected chi connectivity index (χ0v) is 31.1. The molecule has 0 saturated heterocycles. The zero-order chi connectivity index (χ0) is 35.8. The Balaban J connectivity index is 1.23. The maximum Gasteiger partial charge on any atom is 0.0428 e. The summed E-state index contributed by atoms with van der Waals surface area (Å²) in [6.45, 7) is 0. The smallest absolute Gasteiger partial charge is 0.0428 e. The Morgan fingerprint density at radius 3 is 0.981 bits per heavy atom. The molecule has 0 unspecified atom stereocenters. The number of thiophene rings is 2. The molecule has 8 aromatic carbocycles. The summed E-state index contributed by atoms with van der Waals surface area (Å²) < 4.78 is 0. The van der Waals surface area contributed by atoms with Gasteiger partial charge >= 0.3 is 0 Å². The standard InChI is InChI=1S/C52H34S2/c1-5-17-35(18-6-1)47-33-53-51(49(47)37-21-9-3-10-22-37)41-29-39-25-13-15-27-43(39)45(31-41)46-32-42(30-40-26-14-16-28-44(40)46)52-50(38-23-11-4-12-24-38)48(34-54-52)36-19-7-2-8-20-36/h1-34H. The highest BCUT2D eigenvalue weighted by atomic mass is 32.1. The Hall–Kier alpha value is -6.32. The van der Waals surface area contributed by atoms with E-state index in [9.17, 15) is 0 Å². The molecule has 0 aliphatic carbocycles. The lowest BCUT2D eigenvalue weighted by Gasteiger charge is -2.16. The summed E-state index contributed by atoms with van der Waals surface area (Å²) in [4.78, 5) is 2.56. The lowest BCUT2D eigenvalue weighted by atomic mass is 9.88. The van der Waals surface area contributed by atoms with Gasteiger partial charge in [-0.2, -0.15) is 0 Å². The number of hydrogen-bond donors (Lipinski definition) is 0. The van der Waals surface area contributed by atoms with Crippen LogP contribution in [0, 0.1) is 0 Å². The van der Waals surface area contributed by atoms with Crippen molar-refractivity contribution in [1.82, 2.24) is 0 Å². The Bertz CT molecular complexity index is 2700. The molecule has 0 nitrogen and oxygen atoms in total. The fourth-order valence-electron chi connectivity index (χ4n) is 7.91. The van der Waals surface area contributed by atoms with Crippen LogP contribution in [0.25, 0.3) is 98.1 Å². The van der Waals surface area contributed by atoms with Crippen LogP contribution < -0.4 is 0 Å². The highest BCUT2D eigenvalue weighted by Crippen LogP contribution is 2.49. The SMILES string of the molecule is c1ccc(-c2csc(-c3cc(-c4cc(-c5scc(-c6ccccc6)c5-c5ccccc5)cc5ccccc45)c4ccccc4c3)c2-c2ccccc2)cc1. The van der Waals surface area contributed by atoms with Crippen molar-refractivity contribution in [1.29, 1.82) is 0 Å². The third-order valence-electron chi connectivity index (χ3n) is 10.4. The maximum atomic E-state index is 2.45. The first kappa shape index (κ1) is 32.3. The summed E-state index contributed by atoms with van der Waals surface area (Å²) in [7, 11) is 0. The predicted molar refractivity (Wildman–Crippen MR) is 235 cm³/mol. The normalized spacial score (nSPS) is 11.3. The molecule has 0 aliphatic heterocycles. The van der Waals surface area contributed by atoms with Gasteiger partial charge in [0, 0.05) is 32.0 Å². The number of benzene rings is 8. The summed E-state index contributed by atoms with van der Waals surface area (Å²) in [5.41, 5.74) is 15.0. The van der Waals surface area contributed by atoms with Crippen LogP contribution in [0.1, 0.15) is 0 Å². The monoisotopic (exact) mass is 722 g/mol. The van der Waals surface area contributed by atoms with Gasteiger partial charge in [-0.25, -0.2) is 0 Å². The fraction of sp³-hybridized carbons (Fsp3) is 0. The van der Waals surface area contributed by atoms with E-state index in [0.29, 0.717) is 0 Å². The van der Waals surface area contributed by atoms with Crippen LogP contribution in [0.3, 0.4) is 0 Å². The van der Waals surface area contributed by atoms with Crippen molar-refractivity contribution in [2.24, 2.45) is 0 Å². The minimum absolute atomic E-state index is 1.23. The molecular formula is C52H34S2. The van der Waals surface area contributed by atoms with Crippen molar-refractivity contribution in [3.05, 3.63) is 205 Å². The van der Waals surface area contributed by atoms with Crippen LogP contribution >= 0.6 is 22.7 Å². The van der Waals surface area contributed by atoms with Gasteiger partial charge in [0.05, 0.1) is 0 Å². The zero-order valence-electron chi connectivity index (χ0n) is 29.4. The Morgan fingerprint density at radius 1 is 0.259 bits per heavy atom. The quantitative estimate of drug-likeness (QED) is 0.154. The number of hydrogen-bond acceptors (Lipinski definition) is 2. The van der Waals surface area contributed by atoms with Gasteiger partial charge in [-0.05, 0) is 101 Å². The van der Waals surface area contributed by atoms with E-state index in [1.54, 1.807) is 0 Å². The topological polar surface area (TPSA) is 0 Å². The molecule has 0 aliphatic rings. The van der Waals surface area contributed by atoms with Crippen LogP contribution in [-0.2, 0) is 0 Å². The van der Waals surface area contributed by atoms with Crippen molar-refractivity contribution in [3.8, 4) is 76.5 Å². The van der Waals surface area contributed by atoms with E-state index >= 15 is 0 Å². The minimum Gasteiger partial charge on any atom is -0.142 e. The predicted octanol–water partition coefficient (Wildman–Crippen LogP) is 15.8. The molecule has 2 aromatic heterocycles. The molecule has 254 valence electrons. The highest BCUT2D eigenvalue weighted by molar-refractivity contribution is 7.15. The molecular weight excluding hydrogens is 689 g/mol. The molecule has 10 rings (SSSR count). The molecule has 0 amide bonds. The summed E-state index contributed by atoms with van der Waals surface area (Å²) in [6.07, 6.45) is 0. The molecule has 0 fully saturated rings. The van der Waals surface area contributed by atoms with Gasteiger partial charge in [-0.3, -0.25) is 0 Å². The molecule has 0 spiro atoms. The Kier molecular flexibility index (Phi) is 8.33. The Morgan fingerprint density at radius 2 is 0.593 bits per heavy atom. The number of fused-ring (bicyclic) bond motifs is 2. The van der Waals surface area contributed by atoms with Gasteiger partial charge in [-0.1, -0.05) is 170 Å². The first-order valence-electron chi connectivity index (χ1n) is 18.3. The van der Waals surface area contributed by atoms with E-state index in [-0.39, 0.29) is 0 Å². The van der Waals surface area contributed by atoms with E-state index < -0.39 is 0 Å². The molecule has 2 heteroatoms. The first-order chi connectivity index (χ1) is 26.8. The van der Waals surface area contributed by atoms with Gasteiger partial charge < -0.3 is 0 Å². The first-order valence-corrected chi connectivity index (χ1v) is 20.1. The summed E-state index contributed by atoms with van der Waals surface area (Å²) in [6, 6.07) is 70.8. The molecule has 0 saturated carbocycles. The third kappa shape index (κ3) is 5.77. The largest absolute Gasteiger partial charge is 0.142 e. The minimum atomic E-state index is 1.23. The van der Waals surface area contributed by atoms with Crippen LogP contribution in [-0.4, -0.2) is 0 Å². The molecule has 0 radical (unpaired) electrons. The summed E-state index contributed by atoms with van der Waals surface area (Å²) >= 11 is 3.67. The molecule has 2 heterocycles. The van der Waals surface area contributed by atoms with Crippen molar-refractivity contribution < 1.29 is 0 Å². The lowest BCUT2D eigenvalue weighted by molar-refractivity contribution is 1.62. The third-order valence-corrected chi connectivity index (χ3v) is 12.5. The highest BCUT2D eigenvalue weighted by Gasteiger charge is 2.21. The van der Waals surface area contributed by atoms with Crippen LogP contribution in [0.4, 0.5) is 0 Å². The van der Waals surface area contributed by atoms with Crippen molar-refractivity contribution >= 4 is 44.2 Å². The second kappa shape index (κ2) is 13.9. The molecule has 0 bridgehead atoms. The fourth-order valence-corrected chi connectivity index (χ4v) is 10.1. The molecule has 54 heavy (non-hydrogen) atoms. The van der Waals surface area contributed by atoms with Crippen molar-refractivity contribution in [3.63, 3.8) is 0 Å². The van der Waals surface area contributed by atoms with E-state index in [0.717, 1.165) is 0 Å². The molecule has 0 N–H and O–H groups in total. The lowest BCUT2D eigenvalue weighted by Crippen LogP contribution is -1.90. The van der Waals surface area contributed by atoms with E-state index in [1.807, 2.05) is 22.7 Å². The Labute approximate surface area is 323 Å². The van der Waals surface area contributed by atoms with Gasteiger partial charge in [0.1, 0.15) is 0 Å². The van der Waals surface area contributed by atoms with Gasteiger partial charge in [0.25, 0.3) is 0 Å². The van der Waals surface area contributed by atoms with Crippen LogP contribution in [0.2, 0.25) is 0 Å².